The number of benzene rings is 2. The van der Waals surface area contributed by atoms with Crippen LogP contribution < -0.4 is 5.32 Å². The molecule has 0 saturated carbocycles. The molecule has 0 aliphatic heterocycles. The summed E-state index contributed by atoms with van der Waals surface area (Å²) in [5.41, 5.74) is 0.843. The second-order valence-electron chi connectivity index (χ2n) is 7.39. The maximum atomic E-state index is 13.3. The lowest BCUT2D eigenvalue weighted by Gasteiger charge is -2.32. The molecule has 0 bridgehead atoms. The van der Waals surface area contributed by atoms with Gasteiger partial charge in [0, 0.05) is 0 Å². The maximum absolute atomic E-state index is 13.3. The Morgan fingerprint density at radius 1 is 1.12 bits per heavy atom. The van der Waals surface area contributed by atoms with Crippen LogP contribution in [0.5, 0.6) is 0 Å². The first-order valence-corrected chi connectivity index (χ1v) is 9.09. The number of hydrogen-bond donors (Lipinski definition) is 2. The molecular formula is C22H28FNO2. The standard InChI is InChI=1S/C22H28FNO2/c1-16(2)13-14-22(3,18-9-11-19(23)12-10-18)21(26)24-20(15-25)17-7-5-4-6-8-17/h4-12,16,20,25H,13-15H2,1-3H3,(H,24,26)/t20-,22+/m0/s1. The Morgan fingerprint density at radius 3 is 2.27 bits per heavy atom. The number of halogens is 1. The van der Waals surface area contributed by atoms with E-state index in [-0.39, 0.29) is 18.3 Å². The Bertz CT molecular complexity index is 700. The third-order valence-corrected chi connectivity index (χ3v) is 4.89. The van der Waals surface area contributed by atoms with Gasteiger partial charge in [-0.05, 0) is 48.9 Å². The van der Waals surface area contributed by atoms with E-state index in [0.717, 1.165) is 17.5 Å². The third-order valence-electron chi connectivity index (χ3n) is 4.89. The van der Waals surface area contributed by atoms with Crippen molar-refractivity contribution in [2.24, 2.45) is 5.92 Å². The molecule has 0 aliphatic carbocycles. The van der Waals surface area contributed by atoms with Crippen molar-refractivity contribution in [2.75, 3.05) is 6.61 Å². The molecule has 0 unspecified atom stereocenters. The molecule has 0 heterocycles. The van der Waals surface area contributed by atoms with Crippen LogP contribution in [-0.4, -0.2) is 17.6 Å². The van der Waals surface area contributed by atoms with Crippen molar-refractivity contribution >= 4 is 5.91 Å². The number of aliphatic hydroxyl groups excluding tert-OH is 1. The Kier molecular flexibility index (Phi) is 6.92. The fraction of sp³-hybridized carbons (Fsp3) is 0.409. The minimum absolute atomic E-state index is 0.160. The van der Waals surface area contributed by atoms with Crippen molar-refractivity contribution in [1.82, 2.24) is 5.32 Å². The number of amides is 1. The molecule has 0 saturated heterocycles. The van der Waals surface area contributed by atoms with Gasteiger partial charge in [-0.3, -0.25) is 4.79 Å². The first-order chi connectivity index (χ1) is 12.4. The van der Waals surface area contributed by atoms with Crippen molar-refractivity contribution in [3.05, 3.63) is 71.5 Å². The predicted octanol–water partition coefficient (Wildman–Crippen LogP) is 4.37. The number of rotatable bonds is 8. The minimum Gasteiger partial charge on any atom is -0.394 e. The van der Waals surface area contributed by atoms with Crippen LogP contribution in [0.3, 0.4) is 0 Å². The van der Waals surface area contributed by atoms with E-state index in [4.69, 9.17) is 0 Å². The van der Waals surface area contributed by atoms with Crippen molar-refractivity contribution in [1.29, 1.82) is 0 Å². The van der Waals surface area contributed by atoms with Crippen LogP contribution in [0.2, 0.25) is 0 Å². The monoisotopic (exact) mass is 357 g/mol. The number of carbonyl (C=O) groups excluding carboxylic acids is 1. The molecule has 0 fully saturated rings. The molecule has 140 valence electrons. The van der Waals surface area contributed by atoms with Crippen LogP contribution in [-0.2, 0) is 10.2 Å². The molecule has 0 aromatic heterocycles. The van der Waals surface area contributed by atoms with E-state index in [1.807, 2.05) is 37.3 Å². The zero-order valence-electron chi connectivity index (χ0n) is 15.7. The molecule has 26 heavy (non-hydrogen) atoms. The Labute approximate surface area is 155 Å². The van der Waals surface area contributed by atoms with Gasteiger partial charge in [-0.15, -0.1) is 0 Å². The normalized spacial score (nSPS) is 14.7. The smallest absolute Gasteiger partial charge is 0.230 e. The highest BCUT2D eigenvalue weighted by Gasteiger charge is 2.36. The minimum atomic E-state index is -0.791. The quantitative estimate of drug-likeness (QED) is 0.737. The Balaban J connectivity index is 2.28. The molecule has 1 amide bonds. The van der Waals surface area contributed by atoms with E-state index in [1.54, 1.807) is 12.1 Å². The van der Waals surface area contributed by atoms with Gasteiger partial charge in [0.15, 0.2) is 0 Å². The van der Waals surface area contributed by atoms with E-state index in [0.29, 0.717) is 12.3 Å². The fourth-order valence-corrected chi connectivity index (χ4v) is 3.02. The lowest BCUT2D eigenvalue weighted by atomic mass is 9.76. The van der Waals surface area contributed by atoms with Gasteiger partial charge in [0.25, 0.3) is 0 Å². The Hall–Kier alpha value is -2.20. The molecule has 3 nitrogen and oxygen atoms in total. The van der Waals surface area contributed by atoms with Gasteiger partial charge >= 0.3 is 0 Å². The molecule has 2 atom stereocenters. The molecule has 2 rings (SSSR count). The summed E-state index contributed by atoms with van der Waals surface area (Å²) in [5.74, 6) is -0.0316. The highest BCUT2D eigenvalue weighted by molar-refractivity contribution is 5.88. The van der Waals surface area contributed by atoms with E-state index in [1.165, 1.54) is 12.1 Å². The molecule has 0 aliphatic rings. The van der Waals surface area contributed by atoms with Gasteiger partial charge in [0.2, 0.25) is 5.91 Å². The van der Waals surface area contributed by atoms with Crippen LogP contribution >= 0.6 is 0 Å². The van der Waals surface area contributed by atoms with Crippen molar-refractivity contribution in [2.45, 2.75) is 45.1 Å². The predicted molar refractivity (Wildman–Crippen MR) is 102 cm³/mol. The fourth-order valence-electron chi connectivity index (χ4n) is 3.02. The van der Waals surface area contributed by atoms with E-state index in [2.05, 4.69) is 19.2 Å². The van der Waals surface area contributed by atoms with Gasteiger partial charge < -0.3 is 10.4 Å². The average molecular weight is 357 g/mol. The molecular weight excluding hydrogens is 329 g/mol. The van der Waals surface area contributed by atoms with Crippen molar-refractivity contribution in [3.63, 3.8) is 0 Å². The summed E-state index contributed by atoms with van der Waals surface area (Å²) in [5, 5.41) is 12.7. The van der Waals surface area contributed by atoms with E-state index < -0.39 is 11.5 Å². The van der Waals surface area contributed by atoms with Crippen LogP contribution in [0.25, 0.3) is 0 Å². The summed E-state index contributed by atoms with van der Waals surface area (Å²) < 4.78 is 13.3. The zero-order valence-corrected chi connectivity index (χ0v) is 15.7. The molecule has 0 spiro atoms. The zero-order chi connectivity index (χ0) is 19.2. The van der Waals surface area contributed by atoms with Gasteiger partial charge in [-0.25, -0.2) is 4.39 Å². The summed E-state index contributed by atoms with van der Waals surface area (Å²) in [7, 11) is 0. The highest BCUT2D eigenvalue weighted by Crippen LogP contribution is 2.32. The molecule has 0 radical (unpaired) electrons. The number of carbonyl (C=O) groups is 1. The molecule has 4 heteroatoms. The van der Waals surface area contributed by atoms with Crippen LogP contribution in [0, 0.1) is 11.7 Å². The van der Waals surface area contributed by atoms with Gasteiger partial charge in [-0.2, -0.15) is 0 Å². The lowest BCUT2D eigenvalue weighted by molar-refractivity contribution is -0.127. The average Bonchev–Trinajstić information content (AvgIpc) is 2.65. The van der Waals surface area contributed by atoms with Gasteiger partial charge in [0.1, 0.15) is 5.82 Å². The molecule has 2 N–H and O–H groups in total. The van der Waals surface area contributed by atoms with Gasteiger partial charge in [-0.1, -0.05) is 56.3 Å². The number of nitrogens with one attached hydrogen (secondary N) is 1. The summed E-state index contributed by atoms with van der Waals surface area (Å²) in [6, 6.07) is 15.1. The lowest BCUT2D eigenvalue weighted by Crippen LogP contribution is -2.45. The van der Waals surface area contributed by atoms with Crippen LogP contribution in [0.1, 0.15) is 50.8 Å². The van der Waals surface area contributed by atoms with E-state index in [9.17, 15) is 14.3 Å². The summed E-state index contributed by atoms with van der Waals surface area (Å²) in [6.45, 7) is 5.93. The number of hydrogen-bond acceptors (Lipinski definition) is 2. The van der Waals surface area contributed by atoms with Crippen LogP contribution in [0.4, 0.5) is 4.39 Å². The maximum Gasteiger partial charge on any atom is 0.230 e. The second kappa shape index (κ2) is 8.95. The Morgan fingerprint density at radius 2 is 1.73 bits per heavy atom. The van der Waals surface area contributed by atoms with Crippen molar-refractivity contribution in [3.8, 4) is 0 Å². The molecule has 2 aromatic rings. The summed E-state index contributed by atoms with van der Waals surface area (Å²) in [4.78, 5) is 13.2. The number of aliphatic hydroxyl groups is 1. The second-order valence-corrected chi connectivity index (χ2v) is 7.39. The topological polar surface area (TPSA) is 49.3 Å². The third kappa shape index (κ3) is 4.92. The SMILES string of the molecule is CC(C)CC[C@@](C)(C(=O)N[C@@H](CO)c1ccccc1)c1ccc(F)cc1. The molecule has 2 aromatic carbocycles. The largest absolute Gasteiger partial charge is 0.394 e. The van der Waals surface area contributed by atoms with Crippen LogP contribution in [0.15, 0.2) is 54.6 Å². The van der Waals surface area contributed by atoms with E-state index >= 15 is 0 Å². The summed E-state index contributed by atoms with van der Waals surface area (Å²) in [6.07, 6.45) is 1.52. The van der Waals surface area contributed by atoms with Crippen molar-refractivity contribution < 1.29 is 14.3 Å². The summed E-state index contributed by atoms with van der Waals surface area (Å²) >= 11 is 0. The first kappa shape index (κ1) is 20.1. The highest BCUT2D eigenvalue weighted by atomic mass is 19.1. The van der Waals surface area contributed by atoms with Gasteiger partial charge in [0.05, 0.1) is 18.1 Å². The first-order valence-electron chi connectivity index (χ1n) is 9.09.